The van der Waals surface area contributed by atoms with Crippen LogP contribution in [0.1, 0.15) is 31.7 Å². The second-order valence-electron chi connectivity index (χ2n) is 5.37. The maximum Gasteiger partial charge on any atom is 0.419 e. The lowest BCUT2D eigenvalue weighted by Gasteiger charge is -2.23. The molecule has 1 aromatic rings. The predicted molar refractivity (Wildman–Crippen MR) is 76.1 cm³/mol. The zero-order valence-electron chi connectivity index (χ0n) is 12.8. The summed E-state index contributed by atoms with van der Waals surface area (Å²) in [4.78, 5) is 11.9. The van der Waals surface area contributed by atoms with Gasteiger partial charge in [0.15, 0.2) is 6.10 Å². The molecular formula is C16H19F3O4. The van der Waals surface area contributed by atoms with Gasteiger partial charge in [0.1, 0.15) is 12.4 Å². The summed E-state index contributed by atoms with van der Waals surface area (Å²) >= 11 is 0. The van der Waals surface area contributed by atoms with Gasteiger partial charge in [0, 0.05) is 6.61 Å². The van der Waals surface area contributed by atoms with Crippen LogP contribution in [0, 0.1) is 0 Å². The van der Waals surface area contributed by atoms with E-state index in [9.17, 15) is 18.0 Å². The van der Waals surface area contributed by atoms with Crippen molar-refractivity contribution in [2.75, 3.05) is 13.2 Å². The summed E-state index contributed by atoms with van der Waals surface area (Å²) in [5.74, 6) is -1.10. The highest BCUT2D eigenvalue weighted by Gasteiger charge is 2.35. The molecule has 1 aromatic carbocycles. The van der Waals surface area contributed by atoms with Crippen LogP contribution in [0.4, 0.5) is 13.2 Å². The number of alkyl halides is 3. The highest BCUT2D eigenvalue weighted by molar-refractivity contribution is 5.74. The number of carbonyl (C=O) groups is 1. The number of hydrogen-bond donors (Lipinski definition) is 0. The van der Waals surface area contributed by atoms with Crippen LogP contribution in [0.2, 0.25) is 0 Å². The minimum absolute atomic E-state index is 0.0907. The second-order valence-corrected chi connectivity index (χ2v) is 5.37. The third kappa shape index (κ3) is 5.13. The fourth-order valence-corrected chi connectivity index (χ4v) is 2.27. The van der Waals surface area contributed by atoms with Crippen LogP contribution in [0.15, 0.2) is 24.3 Å². The third-order valence-corrected chi connectivity index (χ3v) is 3.51. The Bertz CT molecular complexity index is 524. The fourth-order valence-electron chi connectivity index (χ4n) is 2.27. The van der Waals surface area contributed by atoms with E-state index in [1.54, 1.807) is 0 Å². The lowest BCUT2D eigenvalue weighted by atomic mass is 10.1. The van der Waals surface area contributed by atoms with E-state index in [1.807, 2.05) is 0 Å². The number of rotatable bonds is 5. The summed E-state index contributed by atoms with van der Waals surface area (Å²) in [6.07, 6.45) is -3.04. The minimum atomic E-state index is -4.55. The molecule has 1 saturated heterocycles. The molecule has 128 valence electrons. The van der Waals surface area contributed by atoms with Crippen LogP contribution in [-0.4, -0.2) is 31.4 Å². The van der Waals surface area contributed by atoms with Gasteiger partial charge in [-0.2, -0.15) is 13.2 Å². The maximum absolute atomic E-state index is 12.9. The van der Waals surface area contributed by atoms with Crippen LogP contribution in [-0.2, 0) is 20.4 Å². The first-order chi connectivity index (χ1) is 10.9. The Morgan fingerprint density at radius 2 is 2.09 bits per heavy atom. The van der Waals surface area contributed by atoms with Gasteiger partial charge in [-0.3, -0.25) is 0 Å². The molecule has 0 spiro atoms. The molecule has 1 aliphatic rings. The van der Waals surface area contributed by atoms with E-state index in [1.165, 1.54) is 25.1 Å². The van der Waals surface area contributed by atoms with Gasteiger partial charge in [-0.1, -0.05) is 12.1 Å². The zero-order chi connectivity index (χ0) is 16.9. The minimum Gasteiger partial charge on any atom is -0.478 e. The Morgan fingerprint density at radius 1 is 1.35 bits per heavy atom. The molecule has 0 aromatic heterocycles. The van der Waals surface area contributed by atoms with Crippen molar-refractivity contribution in [2.24, 2.45) is 0 Å². The number of esters is 1. The van der Waals surface area contributed by atoms with Gasteiger partial charge >= 0.3 is 12.1 Å². The van der Waals surface area contributed by atoms with Gasteiger partial charge in [0.2, 0.25) is 0 Å². The van der Waals surface area contributed by atoms with Crippen molar-refractivity contribution in [3.63, 3.8) is 0 Å². The topological polar surface area (TPSA) is 44.8 Å². The second kappa shape index (κ2) is 7.68. The van der Waals surface area contributed by atoms with Crippen molar-refractivity contribution in [1.82, 2.24) is 0 Å². The zero-order valence-corrected chi connectivity index (χ0v) is 12.8. The molecule has 23 heavy (non-hydrogen) atoms. The highest BCUT2D eigenvalue weighted by atomic mass is 19.4. The van der Waals surface area contributed by atoms with E-state index in [2.05, 4.69) is 0 Å². The lowest BCUT2D eigenvalue weighted by molar-refractivity contribution is -0.157. The first-order valence-corrected chi connectivity index (χ1v) is 7.49. The van der Waals surface area contributed by atoms with Crippen molar-refractivity contribution >= 4 is 5.97 Å². The Kier molecular flexibility index (Phi) is 5.87. The molecule has 7 heteroatoms. The smallest absolute Gasteiger partial charge is 0.419 e. The van der Waals surface area contributed by atoms with Gasteiger partial charge in [0.05, 0.1) is 11.7 Å². The van der Waals surface area contributed by atoms with E-state index in [0.29, 0.717) is 6.61 Å². The first kappa shape index (κ1) is 17.6. The van der Waals surface area contributed by atoms with Crippen LogP contribution >= 0.6 is 0 Å². The van der Waals surface area contributed by atoms with Crippen LogP contribution in [0.25, 0.3) is 0 Å². The van der Waals surface area contributed by atoms with Gasteiger partial charge in [0.25, 0.3) is 0 Å². The molecule has 0 amide bonds. The summed E-state index contributed by atoms with van der Waals surface area (Å²) in [5.41, 5.74) is -0.921. The largest absolute Gasteiger partial charge is 0.478 e. The molecule has 0 N–H and O–H groups in total. The fraction of sp³-hybridized carbons (Fsp3) is 0.562. The molecule has 0 aliphatic carbocycles. The number of para-hydroxylation sites is 1. The van der Waals surface area contributed by atoms with Crippen molar-refractivity contribution < 1.29 is 32.2 Å². The number of halogens is 3. The molecule has 4 nitrogen and oxygen atoms in total. The van der Waals surface area contributed by atoms with Crippen molar-refractivity contribution in [2.45, 2.75) is 44.6 Å². The molecule has 1 fully saturated rings. The number of benzene rings is 1. The average Bonchev–Trinajstić information content (AvgIpc) is 2.53. The first-order valence-electron chi connectivity index (χ1n) is 7.49. The van der Waals surface area contributed by atoms with Gasteiger partial charge in [-0.05, 0) is 38.3 Å². The van der Waals surface area contributed by atoms with Gasteiger partial charge in [-0.25, -0.2) is 4.79 Å². The SMILES string of the molecule is CC(Oc1ccccc1C(F)(F)F)C(=O)OCC1CCCCO1. The average molecular weight is 332 g/mol. The van der Waals surface area contributed by atoms with Crippen molar-refractivity contribution in [1.29, 1.82) is 0 Å². The lowest BCUT2D eigenvalue weighted by Crippen LogP contribution is -2.32. The van der Waals surface area contributed by atoms with E-state index >= 15 is 0 Å². The Morgan fingerprint density at radius 3 is 2.74 bits per heavy atom. The Labute approximate surface area is 132 Å². The molecule has 0 radical (unpaired) electrons. The van der Waals surface area contributed by atoms with E-state index in [-0.39, 0.29) is 12.7 Å². The molecule has 0 bridgehead atoms. The molecule has 1 heterocycles. The third-order valence-electron chi connectivity index (χ3n) is 3.51. The van der Waals surface area contributed by atoms with E-state index < -0.39 is 29.6 Å². The molecule has 2 unspecified atom stereocenters. The molecule has 2 rings (SSSR count). The van der Waals surface area contributed by atoms with E-state index in [0.717, 1.165) is 25.3 Å². The molecule has 1 aliphatic heterocycles. The predicted octanol–water partition coefficient (Wildman–Crippen LogP) is 3.59. The monoisotopic (exact) mass is 332 g/mol. The van der Waals surface area contributed by atoms with Crippen LogP contribution < -0.4 is 4.74 Å². The summed E-state index contributed by atoms with van der Waals surface area (Å²) in [7, 11) is 0. The summed E-state index contributed by atoms with van der Waals surface area (Å²) < 4.78 is 54.3. The molecular weight excluding hydrogens is 313 g/mol. The Hall–Kier alpha value is -1.76. The summed E-state index contributed by atoms with van der Waals surface area (Å²) in [5, 5.41) is 0. The van der Waals surface area contributed by atoms with Gasteiger partial charge < -0.3 is 14.2 Å². The molecule has 0 saturated carbocycles. The van der Waals surface area contributed by atoms with Crippen LogP contribution in [0.3, 0.4) is 0 Å². The summed E-state index contributed by atoms with van der Waals surface area (Å²) in [6.45, 7) is 2.08. The molecule has 2 atom stereocenters. The number of ether oxygens (including phenoxy) is 3. The van der Waals surface area contributed by atoms with Crippen molar-refractivity contribution in [3.8, 4) is 5.75 Å². The normalized spacial score (nSPS) is 19.9. The number of hydrogen-bond acceptors (Lipinski definition) is 4. The van der Waals surface area contributed by atoms with E-state index in [4.69, 9.17) is 14.2 Å². The Balaban J connectivity index is 1.91. The number of carbonyl (C=O) groups excluding carboxylic acids is 1. The maximum atomic E-state index is 12.9. The highest BCUT2D eigenvalue weighted by Crippen LogP contribution is 2.36. The van der Waals surface area contributed by atoms with Gasteiger partial charge in [-0.15, -0.1) is 0 Å². The quantitative estimate of drug-likeness (QED) is 0.773. The standard InChI is InChI=1S/C16H19F3O4/c1-11(15(20)22-10-12-6-4-5-9-21-12)23-14-8-3-2-7-13(14)16(17,18)19/h2-3,7-8,11-12H,4-6,9-10H2,1H3. The summed E-state index contributed by atoms with van der Waals surface area (Å²) in [6, 6.07) is 4.76. The van der Waals surface area contributed by atoms with Crippen molar-refractivity contribution in [3.05, 3.63) is 29.8 Å². The van der Waals surface area contributed by atoms with Crippen LogP contribution in [0.5, 0.6) is 5.75 Å².